The average Bonchev–Trinajstić information content (AvgIpc) is 2.31. The van der Waals surface area contributed by atoms with Crippen molar-refractivity contribution >= 4 is 29.1 Å². The number of benzene rings is 1. The Labute approximate surface area is 117 Å². The molecule has 2 rings (SSSR count). The van der Waals surface area contributed by atoms with Gasteiger partial charge in [-0.3, -0.25) is 10.1 Å². The second-order valence-corrected chi connectivity index (χ2v) is 4.37. The van der Waals surface area contributed by atoms with Gasteiger partial charge in [0, 0.05) is 11.4 Å². The highest BCUT2D eigenvalue weighted by Crippen LogP contribution is 2.27. The van der Waals surface area contributed by atoms with Gasteiger partial charge in [0.15, 0.2) is 0 Å². The molecule has 0 fully saturated rings. The molecule has 1 aromatic heterocycles. The zero-order valence-electron chi connectivity index (χ0n) is 10.0. The zero-order valence-corrected chi connectivity index (χ0v) is 10.8. The van der Waals surface area contributed by atoms with Crippen molar-refractivity contribution in [3.05, 3.63) is 50.4 Å². The van der Waals surface area contributed by atoms with Crippen LogP contribution in [0.3, 0.4) is 0 Å². The number of nitrogens with zero attached hydrogens (tertiary/aromatic N) is 3. The molecule has 0 aliphatic rings. The predicted molar refractivity (Wildman–Crippen MR) is 71.7 cm³/mol. The lowest BCUT2D eigenvalue weighted by Crippen LogP contribution is -2.09. The molecule has 0 radical (unpaired) electrons. The summed E-state index contributed by atoms with van der Waals surface area (Å²) in [6.45, 7) is 0. The van der Waals surface area contributed by atoms with Crippen LogP contribution in [-0.4, -0.2) is 14.9 Å². The zero-order chi connectivity index (χ0) is 14.9. The van der Waals surface area contributed by atoms with Crippen LogP contribution in [0.1, 0.15) is 11.3 Å². The number of hydrogen-bond acceptors (Lipinski definition) is 6. The summed E-state index contributed by atoms with van der Waals surface area (Å²) in [4.78, 5) is 17.5. The summed E-state index contributed by atoms with van der Waals surface area (Å²) in [5.74, 6) is -1.16. The van der Waals surface area contributed by atoms with E-state index in [9.17, 15) is 14.5 Å². The molecule has 4 N–H and O–H groups in total. The average molecular weight is 298 g/mol. The molecule has 0 unspecified atom stereocenters. The van der Waals surface area contributed by atoms with Gasteiger partial charge >= 0.3 is 5.69 Å². The lowest BCUT2D eigenvalue weighted by molar-refractivity contribution is -0.385. The van der Waals surface area contributed by atoms with Gasteiger partial charge in [0.05, 0.1) is 4.92 Å². The highest BCUT2D eigenvalue weighted by molar-refractivity contribution is 6.30. The Balaban J connectivity index is 2.50. The van der Waals surface area contributed by atoms with Gasteiger partial charge in [0.25, 0.3) is 0 Å². The minimum absolute atomic E-state index is 0.0544. The Morgan fingerprint density at radius 3 is 2.65 bits per heavy atom. The van der Waals surface area contributed by atoms with Crippen LogP contribution in [0.25, 0.3) is 0 Å². The molecule has 0 aliphatic carbocycles. The highest BCUT2D eigenvalue weighted by Gasteiger charge is 2.23. The highest BCUT2D eigenvalue weighted by atomic mass is 35.5. The fraction of sp³-hybridized carbons (Fsp3) is 0.0909. The van der Waals surface area contributed by atoms with E-state index in [1.807, 2.05) is 0 Å². The van der Waals surface area contributed by atoms with Crippen LogP contribution in [0.2, 0.25) is 5.02 Å². The molecular weight excluding hydrogens is 289 g/mol. The maximum Gasteiger partial charge on any atom is 0.332 e. The third kappa shape index (κ3) is 2.75. The van der Waals surface area contributed by atoms with Gasteiger partial charge < -0.3 is 11.5 Å². The molecule has 7 nitrogen and oxygen atoms in total. The lowest BCUT2D eigenvalue weighted by atomic mass is 10.1. The number of nitro groups is 1. The molecule has 104 valence electrons. The number of nitrogen functional groups attached to an aromatic ring is 2. The maximum atomic E-state index is 13.7. The predicted octanol–water partition coefficient (Wildman–Crippen LogP) is 1.93. The minimum Gasteiger partial charge on any atom is -0.378 e. The largest absolute Gasteiger partial charge is 0.378 e. The number of halogens is 2. The third-order valence-electron chi connectivity index (χ3n) is 2.56. The van der Waals surface area contributed by atoms with Crippen LogP contribution in [0.5, 0.6) is 0 Å². The number of anilines is 2. The van der Waals surface area contributed by atoms with Crippen molar-refractivity contribution in [2.24, 2.45) is 0 Å². The van der Waals surface area contributed by atoms with E-state index in [4.69, 9.17) is 23.1 Å². The van der Waals surface area contributed by atoms with Crippen molar-refractivity contribution in [3.63, 3.8) is 0 Å². The van der Waals surface area contributed by atoms with Crippen LogP contribution in [0, 0.1) is 15.9 Å². The normalized spacial score (nSPS) is 10.5. The molecule has 1 heterocycles. The van der Waals surface area contributed by atoms with E-state index in [-0.39, 0.29) is 34.5 Å². The summed E-state index contributed by atoms with van der Waals surface area (Å²) in [5.41, 5.74) is 10.5. The number of hydrogen-bond donors (Lipinski definition) is 2. The molecule has 0 atom stereocenters. The second-order valence-electron chi connectivity index (χ2n) is 3.93. The van der Waals surface area contributed by atoms with Crippen LogP contribution in [-0.2, 0) is 6.42 Å². The van der Waals surface area contributed by atoms with E-state index in [2.05, 4.69) is 9.97 Å². The fourth-order valence-electron chi connectivity index (χ4n) is 1.71. The first-order valence-corrected chi connectivity index (χ1v) is 5.76. The van der Waals surface area contributed by atoms with Gasteiger partial charge in [0.1, 0.15) is 11.5 Å². The Hall–Kier alpha value is -2.48. The standard InChI is InChI=1S/C11H9ClFN5O2/c12-6-2-1-5(7(13)4-6)3-8-9(18(19)20)10(14)17-11(15)16-8/h1-2,4H,3H2,(H4,14,15,16,17). The molecule has 0 spiro atoms. The first-order valence-electron chi connectivity index (χ1n) is 5.38. The number of aromatic nitrogens is 2. The van der Waals surface area contributed by atoms with Crippen molar-refractivity contribution in [2.75, 3.05) is 11.5 Å². The van der Waals surface area contributed by atoms with E-state index in [0.717, 1.165) is 6.07 Å². The van der Waals surface area contributed by atoms with Crippen molar-refractivity contribution in [3.8, 4) is 0 Å². The number of nitrogens with two attached hydrogens (primary N) is 2. The summed E-state index contributed by atoms with van der Waals surface area (Å²) in [7, 11) is 0. The molecule has 0 aliphatic heterocycles. The molecule has 0 saturated heterocycles. The third-order valence-corrected chi connectivity index (χ3v) is 2.79. The molecule has 0 saturated carbocycles. The van der Waals surface area contributed by atoms with Gasteiger partial charge in [-0.15, -0.1) is 0 Å². The van der Waals surface area contributed by atoms with E-state index in [0.29, 0.717) is 0 Å². The molecule has 0 bridgehead atoms. The van der Waals surface area contributed by atoms with Gasteiger partial charge in [0.2, 0.25) is 11.8 Å². The van der Waals surface area contributed by atoms with Crippen molar-refractivity contribution < 1.29 is 9.31 Å². The minimum atomic E-state index is -0.724. The smallest absolute Gasteiger partial charge is 0.332 e. The van der Waals surface area contributed by atoms with Gasteiger partial charge in [-0.25, -0.2) is 9.37 Å². The summed E-state index contributed by atoms with van der Waals surface area (Å²) >= 11 is 5.64. The van der Waals surface area contributed by atoms with Crippen molar-refractivity contribution in [1.29, 1.82) is 0 Å². The van der Waals surface area contributed by atoms with Gasteiger partial charge in [-0.2, -0.15) is 4.98 Å². The second kappa shape index (κ2) is 5.25. The molecule has 1 aromatic carbocycles. The van der Waals surface area contributed by atoms with Crippen LogP contribution >= 0.6 is 11.6 Å². The lowest BCUT2D eigenvalue weighted by Gasteiger charge is -2.06. The molecule has 9 heteroatoms. The first-order chi connectivity index (χ1) is 9.38. The van der Waals surface area contributed by atoms with E-state index in [1.165, 1.54) is 12.1 Å². The van der Waals surface area contributed by atoms with Crippen LogP contribution in [0.4, 0.5) is 21.8 Å². The monoisotopic (exact) mass is 297 g/mol. The van der Waals surface area contributed by atoms with Crippen LogP contribution < -0.4 is 11.5 Å². The van der Waals surface area contributed by atoms with E-state index in [1.54, 1.807) is 0 Å². The van der Waals surface area contributed by atoms with E-state index >= 15 is 0 Å². The summed E-state index contributed by atoms with van der Waals surface area (Å²) in [5, 5.41) is 11.2. The van der Waals surface area contributed by atoms with Crippen molar-refractivity contribution in [1.82, 2.24) is 9.97 Å². The van der Waals surface area contributed by atoms with Crippen molar-refractivity contribution in [2.45, 2.75) is 6.42 Å². The Morgan fingerprint density at radius 2 is 2.05 bits per heavy atom. The van der Waals surface area contributed by atoms with Gasteiger partial charge in [-0.05, 0) is 17.7 Å². The topological polar surface area (TPSA) is 121 Å². The first kappa shape index (κ1) is 13.9. The Kier molecular flexibility index (Phi) is 3.66. The summed E-state index contributed by atoms with van der Waals surface area (Å²) < 4.78 is 13.7. The quantitative estimate of drug-likeness (QED) is 0.659. The summed E-state index contributed by atoms with van der Waals surface area (Å²) in [6, 6.07) is 3.99. The summed E-state index contributed by atoms with van der Waals surface area (Å²) in [6.07, 6.45) is -0.143. The fourth-order valence-corrected chi connectivity index (χ4v) is 1.87. The van der Waals surface area contributed by atoms with E-state index < -0.39 is 16.4 Å². The molecule has 0 amide bonds. The molecule has 2 aromatic rings. The Bertz CT molecular complexity index is 695. The van der Waals surface area contributed by atoms with Gasteiger partial charge in [-0.1, -0.05) is 17.7 Å². The Morgan fingerprint density at radius 1 is 1.35 bits per heavy atom. The maximum absolute atomic E-state index is 13.7. The SMILES string of the molecule is Nc1nc(N)c([N+](=O)[O-])c(Cc2ccc(Cl)cc2F)n1. The molecular formula is C11H9ClFN5O2. The van der Waals surface area contributed by atoms with Crippen LogP contribution in [0.15, 0.2) is 18.2 Å². The molecule has 20 heavy (non-hydrogen) atoms. The number of rotatable bonds is 3.